The molecule has 0 fully saturated rings. The Bertz CT molecular complexity index is 660. The summed E-state index contributed by atoms with van der Waals surface area (Å²) in [5.74, 6) is -0.543. The molecule has 0 unspecified atom stereocenters. The second-order valence-corrected chi connectivity index (χ2v) is 5.00. The highest BCUT2D eigenvalue weighted by Crippen LogP contribution is 2.22. The monoisotopic (exact) mass is 310 g/mol. The number of anilines is 2. The largest absolute Gasteiger partial charge is 0.457 e. The molecule has 0 radical (unpaired) electrons. The predicted molar refractivity (Wildman–Crippen MR) is 80.8 cm³/mol. The van der Waals surface area contributed by atoms with Crippen LogP contribution in [-0.4, -0.2) is 5.97 Å². The minimum Gasteiger partial charge on any atom is -0.457 e. The molecule has 6 heteroatoms. The van der Waals surface area contributed by atoms with Crippen LogP contribution >= 0.6 is 23.2 Å². The van der Waals surface area contributed by atoms with Gasteiger partial charge >= 0.3 is 5.97 Å². The van der Waals surface area contributed by atoms with Gasteiger partial charge in [0.05, 0.1) is 5.56 Å². The summed E-state index contributed by atoms with van der Waals surface area (Å²) in [6.07, 6.45) is 0. The fraction of sp³-hybridized carbons (Fsp3) is 0.0714. The van der Waals surface area contributed by atoms with Crippen LogP contribution in [0.25, 0.3) is 0 Å². The number of esters is 1. The van der Waals surface area contributed by atoms with E-state index in [0.29, 0.717) is 21.3 Å². The van der Waals surface area contributed by atoms with Crippen LogP contribution in [0, 0.1) is 0 Å². The molecule has 0 bridgehead atoms. The van der Waals surface area contributed by atoms with Crippen LogP contribution in [-0.2, 0) is 11.3 Å². The molecule has 0 amide bonds. The molecule has 0 aliphatic rings. The lowest BCUT2D eigenvalue weighted by Gasteiger charge is -2.09. The van der Waals surface area contributed by atoms with Crippen molar-refractivity contribution in [1.29, 1.82) is 0 Å². The zero-order chi connectivity index (χ0) is 14.7. The van der Waals surface area contributed by atoms with E-state index < -0.39 is 5.97 Å². The molecule has 0 saturated heterocycles. The number of hydrogen-bond acceptors (Lipinski definition) is 4. The molecule has 104 valence electrons. The number of rotatable bonds is 3. The molecule has 2 rings (SSSR count). The van der Waals surface area contributed by atoms with Crippen LogP contribution < -0.4 is 11.5 Å². The van der Waals surface area contributed by atoms with E-state index in [1.54, 1.807) is 24.3 Å². The third kappa shape index (κ3) is 3.35. The van der Waals surface area contributed by atoms with Gasteiger partial charge < -0.3 is 16.2 Å². The van der Waals surface area contributed by atoms with Gasteiger partial charge in [0.1, 0.15) is 6.61 Å². The van der Waals surface area contributed by atoms with Crippen LogP contribution in [0.1, 0.15) is 15.9 Å². The number of ether oxygens (including phenoxy) is 1. The van der Waals surface area contributed by atoms with Crippen LogP contribution in [0.2, 0.25) is 10.0 Å². The Hall–Kier alpha value is -1.91. The first-order chi connectivity index (χ1) is 9.47. The van der Waals surface area contributed by atoms with Gasteiger partial charge in [0, 0.05) is 27.0 Å². The molecule has 2 aromatic carbocycles. The van der Waals surface area contributed by atoms with E-state index in [4.69, 9.17) is 39.4 Å². The first kappa shape index (κ1) is 14.5. The second kappa shape index (κ2) is 6.03. The SMILES string of the molecule is Nc1ccc(C(=O)OCc2cc(Cl)ccc2Cl)c(N)c1. The Morgan fingerprint density at radius 3 is 2.55 bits per heavy atom. The van der Waals surface area contributed by atoms with Crippen molar-refractivity contribution in [2.75, 3.05) is 11.5 Å². The van der Waals surface area contributed by atoms with E-state index in [9.17, 15) is 4.79 Å². The van der Waals surface area contributed by atoms with Gasteiger partial charge in [-0.3, -0.25) is 0 Å². The standard InChI is InChI=1S/C14H12Cl2N2O2/c15-9-1-4-12(16)8(5-9)7-20-14(19)11-3-2-10(17)6-13(11)18/h1-6H,7,17-18H2. The molecule has 0 atom stereocenters. The maximum Gasteiger partial charge on any atom is 0.340 e. The van der Waals surface area contributed by atoms with Crippen molar-refractivity contribution in [1.82, 2.24) is 0 Å². The van der Waals surface area contributed by atoms with Gasteiger partial charge in [-0.25, -0.2) is 4.79 Å². The fourth-order valence-corrected chi connectivity index (χ4v) is 2.01. The van der Waals surface area contributed by atoms with Crippen LogP contribution in [0.5, 0.6) is 0 Å². The van der Waals surface area contributed by atoms with E-state index in [1.165, 1.54) is 12.1 Å². The van der Waals surface area contributed by atoms with Crippen molar-refractivity contribution < 1.29 is 9.53 Å². The predicted octanol–water partition coefficient (Wildman–Crippen LogP) is 3.51. The van der Waals surface area contributed by atoms with Crippen LogP contribution in [0.15, 0.2) is 36.4 Å². The van der Waals surface area contributed by atoms with Crippen molar-refractivity contribution in [3.05, 3.63) is 57.6 Å². The second-order valence-electron chi connectivity index (χ2n) is 4.16. The Balaban J connectivity index is 2.10. The number of hydrogen-bond donors (Lipinski definition) is 2. The van der Waals surface area contributed by atoms with E-state index in [2.05, 4.69) is 0 Å². The first-order valence-corrected chi connectivity index (χ1v) is 6.49. The van der Waals surface area contributed by atoms with E-state index in [1.807, 2.05) is 0 Å². The summed E-state index contributed by atoms with van der Waals surface area (Å²) in [5, 5.41) is 1.000. The molecule has 0 saturated carbocycles. The third-order valence-corrected chi connectivity index (χ3v) is 3.27. The van der Waals surface area contributed by atoms with E-state index >= 15 is 0 Å². The molecule has 4 nitrogen and oxygen atoms in total. The summed E-state index contributed by atoms with van der Waals surface area (Å²) in [4.78, 5) is 11.9. The number of benzene rings is 2. The zero-order valence-corrected chi connectivity index (χ0v) is 11.9. The van der Waals surface area contributed by atoms with Gasteiger partial charge in [-0.2, -0.15) is 0 Å². The Morgan fingerprint density at radius 2 is 1.85 bits per heavy atom. The van der Waals surface area contributed by atoms with Gasteiger partial charge in [-0.15, -0.1) is 0 Å². The summed E-state index contributed by atoms with van der Waals surface area (Å²) in [6, 6.07) is 9.55. The lowest BCUT2D eigenvalue weighted by molar-refractivity contribution is 0.0474. The van der Waals surface area contributed by atoms with Crippen molar-refractivity contribution in [2.45, 2.75) is 6.61 Å². The van der Waals surface area contributed by atoms with Crippen molar-refractivity contribution >= 4 is 40.5 Å². The molecular weight excluding hydrogens is 299 g/mol. The van der Waals surface area contributed by atoms with Crippen LogP contribution in [0.4, 0.5) is 11.4 Å². The van der Waals surface area contributed by atoms with E-state index in [0.717, 1.165) is 0 Å². The van der Waals surface area contributed by atoms with Gasteiger partial charge in [0.25, 0.3) is 0 Å². The number of carbonyl (C=O) groups excluding carboxylic acids is 1. The van der Waals surface area contributed by atoms with E-state index in [-0.39, 0.29) is 17.9 Å². The minimum absolute atomic E-state index is 0.0159. The van der Waals surface area contributed by atoms with Crippen molar-refractivity contribution in [2.24, 2.45) is 0 Å². The quantitative estimate of drug-likeness (QED) is 0.671. The summed E-state index contributed by atoms with van der Waals surface area (Å²) >= 11 is 11.8. The normalized spacial score (nSPS) is 10.3. The Morgan fingerprint density at radius 1 is 1.10 bits per heavy atom. The minimum atomic E-state index is -0.543. The lowest BCUT2D eigenvalue weighted by atomic mass is 10.1. The first-order valence-electron chi connectivity index (χ1n) is 5.73. The molecule has 0 aliphatic heterocycles. The highest BCUT2D eigenvalue weighted by molar-refractivity contribution is 6.33. The number of halogens is 2. The molecule has 20 heavy (non-hydrogen) atoms. The fourth-order valence-electron chi connectivity index (χ4n) is 1.64. The smallest absolute Gasteiger partial charge is 0.340 e. The summed E-state index contributed by atoms with van der Waals surface area (Å²) < 4.78 is 5.17. The summed E-state index contributed by atoms with van der Waals surface area (Å²) in [7, 11) is 0. The van der Waals surface area contributed by atoms with Gasteiger partial charge in [-0.05, 0) is 36.4 Å². The highest BCUT2D eigenvalue weighted by atomic mass is 35.5. The topological polar surface area (TPSA) is 78.3 Å². The Labute approximate surface area is 126 Å². The van der Waals surface area contributed by atoms with Gasteiger partial charge in [0.15, 0.2) is 0 Å². The zero-order valence-electron chi connectivity index (χ0n) is 10.4. The summed E-state index contributed by atoms with van der Waals surface area (Å²) in [5.41, 5.74) is 12.9. The van der Waals surface area contributed by atoms with Crippen molar-refractivity contribution in [3.8, 4) is 0 Å². The maximum atomic E-state index is 11.9. The Kier molecular flexibility index (Phi) is 4.37. The van der Waals surface area contributed by atoms with Gasteiger partial charge in [0.2, 0.25) is 0 Å². The molecule has 0 aliphatic carbocycles. The average molecular weight is 311 g/mol. The van der Waals surface area contributed by atoms with Crippen LogP contribution in [0.3, 0.4) is 0 Å². The van der Waals surface area contributed by atoms with Gasteiger partial charge in [-0.1, -0.05) is 23.2 Å². The molecule has 0 heterocycles. The molecule has 0 spiro atoms. The molecule has 0 aromatic heterocycles. The maximum absolute atomic E-state index is 11.9. The third-order valence-electron chi connectivity index (χ3n) is 2.66. The number of nitrogens with two attached hydrogens (primary N) is 2. The van der Waals surface area contributed by atoms with Crippen molar-refractivity contribution in [3.63, 3.8) is 0 Å². The highest BCUT2D eigenvalue weighted by Gasteiger charge is 2.12. The summed E-state index contributed by atoms with van der Waals surface area (Å²) in [6.45, 7) is 0.0159. The molecule has 4 N–H and O–H groups in total. The molecular formula is C14H12Cl2N2O2. The average Bonchev–Trinajstić information content (AvgIpc) is 2.39. The lowest BCUT2D eigenvalue weighted by Crippen LogP contribution is -2.09. The molecule has 2 aromatic rings. The number of carbonyl (C=O) groups is 1. The number of nitrogen functional groups attached to an aromatic ring is 2.